The van der Waals surface area contributed by atoms with E-state index in [4.69, 9.17) is 4.43 Å². The zero-order chi connectivity index (χ0) is 13.7. The number of sulfone groups is 1. The Morgan fingerprint density at radius 1 is 1.16 bits per heavy atom. The van der Waals surface area contributed by atoms with E-state index >= 15 is 0 Å². The summed E-state index contributed by atoms with van der Waals surface area (Å²) in [6.07, 6.45) is 4.32. The standard InChI is InChI=1S/C14H22O3SSi/c15-18(16,14-4-2-1-3-5-14)11-13-7-6-12(10-13)8-9-17-19/h1-5,12-13H,6-11H2,19H3/t12-,13-/m0/s1. The van der Waals surface area contributed by atoms with Crippen LogP contribution in [0.2, 0.25) is 0 Å². The van der Waals surface area contributed by atoms with E-state index in [9.17, 15) is 8.42 Å². The second-order valence-electron chi connectivity index (χ2n) is 5.42. The van der Waals surface area contributed by atoms with Gasteiger partial charge in [0.05, 0.1) is 10.6 Å². The molecule has 0 bridgehead atoms. The third-order valence-corrected chi connectivity index (χ3v) is 6.25. The first kappa shape index (κ1) is 14.7. The van der Waals surface area contributed by atoms with Crippen molar-refractivity contribution < 1.29 is 12.8 Å². The molecule has 0 aromatic heterocycles. The average Bonchev–Trinajstić information content (AvgIpc) is 2.84. The second-order valence-corrected chi connectivity index (χ2v) is 8.03. The van der Waals surface area contributed by atoms with E-state index in [1.54, 1.807) is 24.3 Å². The van der Waals surface area contributed by atoms with Crippen molar-refractivity contribution in [2.45, 2.75) is 30.6 Å². The maximum Gasteiger partial charge on any atom is 0.178 e. The Labute approximate surface area is 118 Å². The second kappa shape index (κ2) is 6.68. The minimum atomic E-state index is -3.11. The molecule has 0 aliphatic heterocycles. The van der Waals surface area contributed by atoms with Crippen molar-refractivity contribution in [3.8, 4) is 0 Å². The van der Waals surface area contributed by atoms with Crippen LogP contribution in [0.15, 0.2) is 35.2 Å². The predicted octanol–water partition coefficient (Wildman–Crippen LogP) is 1.56. The Kier molecular flexibility index (Phi) is 5.18. The van der Waals surface area contributed by atoms with Crippen LogP contribution in [0.4, 0.5) is 0 Å². The summed E-state index contributed by atoms with van der Waals surface area (Å²) in [6.45, 7) is 0.842. The fourth-order valence-electron chi connectivity index (χ4n) is 2.91. The third kappa shape index (κ3) is 4.16. The summed E-state index contributed by atoms with van der Waals surface area (Å²) in [7, 11) is -2.32. The molecular weight excluding hydrogens is 276 g/mol. The Morgan fingerprint density at radius 3 is 2.53 bits per heavy atom. The maximum atomic E-state index is 12.3. The SMILES string of the molecule is O=S(=O)(C[C@H]1CC[C@@H](CCO[SiH3])C1)c1ccccc1. The lowest BCUT2D eigenvalue weighted by atomic mass is 10.0. The fraction of sp³-hybridized carbons (Fsp3) is 0.571. The highest BCUT2D eigenvalue weighted by Gasteiger charge is 2.29. The zero-order valence-corrected chi connectivity index (χ0v) is 14.2. The molecule has 106 valence electrons. The molecule has 0 radical (unpaired) electrons. The minimum absolute atomic E-state index is 0.301. The van der Waals surface area contributed by atoms with Crippen molar-refractivity contribution in [2.24, 2.45) is 11.8 Å². The largest absolute Gasteiger partial charge is 0.428 e. The van der Waals surface area contributed by atoms with Gasteiger partial charge in [0.25, 0.3) is 0 Å². The molecule has 1 aromatic carbocycles. The third-order valence-electron chi connectivity index (χ3n) is 3.94. The molecular formula is C14H22O3SSi. The summed E-state index contributed by atoms with van der Waals surface area (Å²) in [4.78, 5) is 0.460. The van der Waals surface area contributed by atoms with E-state index in [1.807, 2.05) is 6.07 Å². The Balaban J connectivity index is 1.92. The molecule has 1 aliphatic rings. The molecule has 0 saturated heterocycles. The normalized spacial score (nSPS) is 23.8. The smallest absolute Gasteiger partial charge is 0.178 e. The van der Waals surface area contributed by atoms with Crippen molar-refractivity contribution >= 4 is 20.3 Å². The van der Waals surface area contributed by atoms with Gasteiger partial charge in [-0.15, -0.1) is 0 Å². The van der Waals surface area contributed by atoms with Gasteiger partial charge in [-0.3, -0.25) is 0 Å². The summed E-state index contributed by atoms with van der Waals surface area (Å²) in [5.41, 5.74) is 0. The summed E-state index contributed by atoms with van der Waals surface area (Å²) >= 11 is 0. The van der Waals surface area contributed by atoms with Gasteiger partial charge in [0.15, 0.2) is 9.84 Å². The lowest BCUT2D eigenvalue weighted by molar-refractivity contribution is 0.299. The van der Waals surface area contributed by atoms with E-state index in [2.05, 4.69) is 0 Å². The molecule has 0 amide bonds. The molecule has 1 aromatic rings. The van der Waals surface area contributed by atoms with Gasteiger partial charge in [0.1, 0.15) is 10.5 Å². The molecule has 0 N–H and O–H groups in total. The van der Waals surface area contributed by atoms with Crippen LogP contribution in [0.1, 0.15) is 25.7 Å². The van der Waals surface area contributed by atoms with Gasteiger partial charge in [-0.05, 0) is 43.2 Å². The fourth-order valence-corrected chi connectivity index (χ4v) is 4.83. The van der Waals surface area contributed by atoms with Crippen molar-refractivity contribution in [2.75, 3.05) is 12.4 Å². The van der Waals surface area contributed by atoms with Crippen molar-refractivity contribution in [3.05, 3.63) is 30.3 Å². The van der Waals surface area contributed by atoms with Gasteiger partial charge in [0.2, 0.25) is 0 Å². The van der Waals surface area contributed by atoms with Gasteiger partial charge in [-0.1, -0.05) is 24.6 Å². The van der Waals surface area contributed by atoms with E-state index in [0.29, 0.717) is 22.5 Å². The Hall–Kier alpha value is -0.653. The van der Waals surface area contributed by atoms with Crippen LogP contribution in [0.25, 0.3) is 0 Å². The van der Waals surface area contributed by atoms with Crippen LogP contribution < -0.4 is 0 Å². The van der Waals surface area contributed by atoms with Crippen molar-refractivity contribution in [1.82, 2.24) is 0 Å². The first-order valence-corrected chi connectivity index (χ1v) is 9.35. The summed E-state index contributed by atoms with van der Waals surface area (Å²) < 4.78 is 29.8. The monoisotopic (exact) mass is 298 g/mol. The molecule has 1 fully saturated rings. The molecule has 5 heteroatoms. The number of rotatable bonds is 6. The zero-order valence-electron chi connectivity index (χ0n) is 11.4. The lowest BCUT2D eigenvalue weighted by Crippen LogP contribution is -2.14. The van der Waals surface area contributed by atoms with Gasteiger partial charge >= 0.3 is 0 Å². The molecule has 0 heterocycles. The number of benzene rings is 1. The van der Waals surface area contributed by atoms with Gasteiger partial charge in [-0.25, -0.2) is 8.42 Å². The van der Waals surface area contributed by atoms with Crippen molar-refractivity contribution in [1.29, 1.82) is 0 Å². The van der Waals surface area contributed by atoms with E-state index < -0.39 is 9.84 Å². The van der Waals surface area contributed by atoms with Gasteiger partial charge in [-0.2, -0.15) is 0 Å². The average molecular weight is 298 g/mol. The van der Waals surface area contributed by atoms with E-state index in [1.165, 1.54) is 0 Å². The quantitative estimate of drug-likeness (QED) is 0.749. The summed E-state index contributed by atoms with van der Waals surface area (Å²) in [6, 6.07) is 8.80. The highest BCUT2D eigenvalue weighted by Crippen LogP contribution is 2.34. The number of hydrogen-bond acceptors (Lipinski definition) is 3. The maximum absolute atomic E-state index is 12.3. The lowest BCUT2D eigenvalue weighted by Gasteiger charge is -2.12. The van der Waals surface area contributed by atoms with Crippen LogP contribution in [0.3, 0.4) is 0 Å². The molecule has 19 heavy (non-hydrogen) atoms. The molecule has 2 atom stereocenters. The summed E-state index contributed by atoms with van der Waals surface area (Å²) in [5, 5.41) is 0. The van der Waals surface area contributed by atoms with Crippen LogP contribution in [-0.4, -0.2) is 31.3 Å². The highest BCUT2D eigenvalue weighted by molar-refractivity contribution is 7.91. The molecule has 3 nitrogen and oxygen atoms in total. The Bertz CT molecular complexity index is 487. The highest BCUT2D eigenvalue weighted by atomic mass is 32.2. The van der Waals surface area contributed by atoms with Crippen LogP contribution in [0.5, 0.6) is 0 Å². The van der Waals surface area contributed by atoms with E-state index in [0.717, 1.165) is 42.8 Å². The topological polar surface area (TPSA) is 43.4 Å². The number of hydrogen-bond donors (Lipinski definition) is 0. The van der Waals surface area contributed by atoms with Crippen LogP contribution >= 0.6 is 0 Å². The summed E-state index contributed by atoms with van der Waals surface area (Å²) in [5.74, 6) is 1.28. The molecule has 0 spiro atoms. The Morgan fingerprint density at radius 2 is 1.84 bits per heavy atom. The van der Waals surface area contributed by atoms with Gasteiger partial charge in [0, 0.05) is 6.61 Å². The molecule has 1 aliphatic carbocycles. The molecule has 2 rings (SSSR count). The van der Waals surface area contributed by atoms with Crippen LogP contribution in [-0.2, 0) is 14.3 Å². The van der Waals surface area contributed by atoms with Gasteiger partial charge < -0.3 is 4.43 Å². The van der Waals surface area contributed by atoms with E-state index in [-0.39, 0.29) is 0 Å². The first-order valence-electron chi connectivity index (χ1n) is 6.88. The first-order chi connectivity index (χ1) is 9.12. The van der Waals surface area contributed by atoms with Crippen LogP contribution in [0, 0.1) is 11.8 Å². The minimum Gasteiger partial charge on any atom is -0.428 e. The van der Waals surface area contributed by atoms with Crippen molar-refractivity contribution in [3.63, 3.8) is 0 Å². The molecule has 1 saturated carbocycles. The predicted molar refractivity (Wildman–Crippen MR) is 79.8 cm³/mol. The molecule has 0 unspecified atom stereocenters.